The molecule has 5 heteroatoms. The minimum absolute atomic E-state index is 1.04. The van der Waals surface area contributed by atoms with Crippen LogP contribution in [0.2, 0.25) is 0 Å². The Balaban J connectivity index is 1.50. The van der Waals surface area contributed by atoms with Crippen molar-refractivity contribution in [3.63, 3.8) is 0 Å². The van der Waals surface area contributed by atoms with Crippen LogP contribution in [-0.2, 0) is 6.54 Å². The number of quaternary nitrogens is 2. The molecule has 0 bridgehead atoms. The van der Waals surface area contributed by atoms with Gasteiger partial charge < -0.3 is 10.2 Å². The molecule has 3 heterocycles. The second kappa shape index (κ2) is 7.27. The van der Waals surface area contributed by atoms with Gasteiger partial charge >= 0.3 is 0 Å². The van der Waals surface area contributed by atoms with Crippen LogP contribution in [0.15, 0.2) is 66.2 Å². The maximum absolute atomic E-state index is 4.97. The quantitative estimate of drug-likeness (QED) is 0.559. The Morgan fingerprint density at radius 2 is 1.63 bits per heavy atom. The summed E-state index contributed by atoms with van der Waals surface area (Å²) in [6, 6.07) is 19.4. The van der Waals surface area contributed by atoms with Gasteiger partial charge in [0.1, 0.15) is 38.4 Å². The molecule has 1 aliphatic heterocycles. The molecule has 2 aromatic carbocycles. The van der Waals surface area contributed by atoms with Gasteiger partial charge in [-0.1, -0.05) is 54.6 Å². The number of fused-ring (bicyclic) bond motifs is 1. The zero-order chi connectivity index (χ0) is 18.1. The highest BCUT2D eigenvalue weighted by molar-refractivity contribution is 7.15. The van der Waals surface area contributed by atoms with Crippen LogP contribution in [0.25, 0.3) is 27.3 Å². The van der Waals surface area contributed by atoms with Gasteiger partial charge in [-0.3, -0.25) is 4.40 Å². The predicted octanol–water partition coefficient (Wildman–Crippen LogP) is 1.69. The van der Waals surface area contributed by atoms with Crippen LogP contribution in [0.1, 0.15) is 5.69 Å². The normalized spacial score (nSPS) is 15.4. The molecule has 1 fully saturated rings. The van der Waals surface area contributed by atoms with Crippen molar-refractivity contribution in [2.45, 2.75) is 6.54 Å². The van der Waals surface area contributed by atoms with E-state index >= 15 is 0 Å². The van der Waals surface area contributed by atoms with Gasteiger partial charge in [-0.25, -0.2) is 4.98 Å². The molecule has 2 aromatic heterocycles. The van der Waals surface area contributed by atoms with Crippen molar-refractivity contribution in [3.8, 4) is 22.4 Å². The number of hydrogen-bond acceptors (Lipinski definition) is 2. The Bertz CT molecular complexity index is 1030. The number of nitrogens with two attached hydrogens (primary N) is 1. The summed E-state index contributed by atoms with van der Waals surface area (Å²) in [5.41, 5.74) is 6.20. The average molecular weight is 377 g/mol. The molecule has 27 heavy (non-hydrogen) atoms. The van der Waals surface area contributed by atoms with E-state index in [-0.39, 0.29) is 0 Å². The van der Waals surface area contributed by atoms with Crippen LogP contribution in [0.3, 0.4) is 0 Å². The van der Waals surface area contributed by atoms with E-state index in [4.69, 9.17) is 4.98 Å². The first-order valence-electron chi connectivity index (χ1n) is 9.64. The number of piperazine rings is 1. The Kier molecular flexibility index (Phi) is 4.49. The van der Waals surface area contributed by atoms with E-state index in [0.717, 1.165) is 17.2 Å². The fourth-order valence-corrected chi connectivity index (χ4v) is 4.71. The van der Waals surface area contributed by atoms with Crippen LogP contribution < -0.4 is 10.2 Å². The molecule has 136 valence electrons. The number of rotatable bonds is 4. The van der Waals surface area contributed by atoms with Gasteiger partial charge in [0.15, 0.2) is 4.96 Å². The van der Waals surface area contributed by atoms with Gasteiger partial charge in [-0.15, -0.1) is 11.3 Å². The summed E-state index contributed by atoms with van der Waals surface area (Å²) in [6.07, 6.45) is 2.17. The lowest BCUT2D eigenvalue weighted by Crippen LogP contribution is -3.19. The monoisotopic (exact) mass is 376 g/mol. The number of benzene rings is 2. The second-order valence-electron chi connectivity index (χ2n) is 7.20. The molecule has 0 saturated carbocycles. The van der Waals surface area contributed by atoms with Crippen molar-refractivity contribution in [1.29, 1.82) is 0 Å². The molecule has 5 rings (SSSR count). The first kappa shape index (κ1) is 16.7. The Morgan fingerprint density at radius 3 is 2.41 bits per heavy atom. The van der Waals surface area contributed by atoms with E-state index in [1.165, 1.54) is 48.6 Å². The van der Waals surface area contributed by atoms with E-state index in [0.29, 0.717) is 0 Å². The van der Waals surface area contributed by atoms with E-state index in [1.807, 2.05) is 0 Å². The lowest BCUT2D eigenvalue weighted by atomic mass is 10.0. The Hall–Kier alpha value is -2.47. The van der Waals surface area contributed by atoms with Crippen molar-refractivity contribution in [1.82, 2.24) is 9.38 Å². The summed E-state index contributed by atoms with van der Waals surface area (Å²) in [5, 5.41) is 4.55. The maximum Gasteiger partial charge on any atom is 0.194 e. The number of aromatic nitrogens is 2. The molecule has 0 unspecified atom stereocenters. The van der Waals surface area contributed by atoms with Crippen molar-refractivity contribution in [2.24, 2.45) is 0 Å². The molecule has 0 aliphatic carbocycles. The fourth-order valence-electron chi connectivity index (χ4n) is 3.98. The van der Waals surface area contributed by atoms with Gasteiger partial charge in [-0.2, -0.15) is 0 Å². The molecular weight excluding hydrogens is 352 g/mol. The molecule has 1 saturated heterocycles. The number of nitrogens with zero attached hydrogens (tertiary/aromatic N) is 2. The largest absolute Gasteiger partial charge is 0.337 e. The van der Waals surface area contributed by atoms with Gasteiger partial charge in [0.2, 0.25) is 0 Å². The number of nitrogens with one attached hydrogen (secondary N) is 1. The molecule has 4 aromatic rings. The van der Waals surface area contributed by atoms with Crippen LogP contribution >= 0.6 is 11.3 Å². The topological polar surface area (TPSA) is 38.4 Å². The number of thiazole rings is 1. The maximum atomic E-state index is 4.97. The van der Waals surface area contributed by atoms with Gasteiger partial charge in [-0.05, 0) is 11.1 Å². The van der Waals surface area contributed by atoms with Crippen molar-refractivity contribution < 1.29 is 10.2 Å². The highest BCUT2D eigenvalue weighted by Gasteiger charge is 2.22. The zero-order valence-corrected chi connectivity index (χ0v) is 16.1. The molecule has 4 nitrogen and oxygen atoms in total. The lowest BCUT2D eigenvalue weighted by molar-refractivity contribution is -0.958. The highest BCUT2D eigenvalue weighted by Crippen LogP contribution is 2.28. The SMILES string of the molecule is c1ccc(-c2ccc(-c3nc4sccn4c3C[NH+]3CC[NH2+]CC3)cc2)cc1. The summed E-state index contributed by atoms with van der Waals surface area (Å²) in [7, 11) is 0. The van der Waals surface area contributed by atoms with Crippen LogP contribution in [0, 0.1) is 0 Å². The van der Waals surface area contributed by atoms with Crippen LogP contribution in [0.4, 0.5) is 0 Å². The van der Waals surface area contributed by atoms with Crippen LogP contribution in [0.5, 0.6) is 0 Å². The molecular formula is C22H24N4S+2. The van der Waals surface area contributed by atoms with Gasteiger partial charge in [0, 0.05) is 17.1 Å². The predicted molar refractivity (Wildman–Crippen MR) is 110 cm³/mol. The first-order chi connectivity index (χ1) is 13.4. The van der Waals surface area contributed by atoms with Crippen LogP contribution in [-0.4, -0.2) is 35.6 Å². The molecule has 0 amide bonds. The summed E-state index contributed by atoms with van der Waals surface area (Å²) in [6.45, 7) is 5.94. The summed E-state index contributed by atoms with van der Waals surface area (Å²) < 4.78 is 2.29. The van der Waals surface area contributed by atoms with E-state index in [9.17, 15) is 0 Å². The van der Waals surface area contributed by atoms with E-state index < -0.39 is 0 Å². The highest BCUT2D eigenvalue weighted by atomic mass is 32.1. The number of hydrogen-bond donors (Lipinski definition) is 2. The average Bonchev–Trinajstić information content (AvgIpc) is 3.32. The fraction of sp³-hybridized carbons (Fsp3) is 0.227. The van der Waals surface area contributed by atoms with E-state index in [1.54, 1.807) is 16.2 Å². The first-order valence-corrected chi connectivity index (χ1v) is 10.5. The minimum atomic E-state index is 1.04. The van der Waals surface area contributed by atoms with Crippen molar-refractivity contribution in [2.75, 3.05) is 26.2 Å². The third-order valence-corrected chi connectivity index (χ3v) is 6.20. The van der Waals surface area contributed by atoms with Crippen molar-refractivity contribution in [3.05, 3.63) is 71.9 Å². The molecule has 1 aliphatic rings. The molecule has 3 N–H and O–H groups in total. The molecule has 0 spiro atoms. The molecule has 0 radical (unpaired) electrons. The molecule has 0 atom stereocenters. The summed E-state index contributed by atoms with van der Waals surface area (Å²) in [5.74, 6) is 0. The second-order valence-corrected chi connectivity index (χ2v) is 8.07. The third-order valence-electron chi connectivity index (χ3n) is 5.45. The smallest absolute Gasteiger partial charge is 0.194 e. The minimum Gasteiger partial charge on any atom is -0.337 e. The lowest BCUT2D eigenvalue weighted by Gasteiger charge is -2.22. The number of imidazole rings is 1. The van der Waals surface area contributed by atoms with Crippen molar-refractivity contribution >= 4 is 16.3 Å². The van der Waals surface area contributed by atoms with Gasteiger partial charge in [0.05, 0.1) is 5.69 Å². The third kappa shape index (κ3) is 3.30. The standard InChI is InChI=1S/C22H22N4S/c1-2-4-17(5-3-1)18-6-8-19(9-7-18)21-20(16-25-12-10-23-11-13-25)26-14-15-27-22(26)24-21/h1-9,14-15,23H,10-13,16H2/p+2. The summed E-state index contributed by atoms with van der Waals surface area (Å²) >= 11 is 1.72. The Morgan fingerprint density at radius 1 is 0.926 bits per heavy atom. The van der Waals surface area contributed by atoms with Gasteiger partial charge in [0.25, 0.3) is 0 Å². The zero-order valence-electron chi connectivity index (χ0n) is 15.3. The van der Waals surface area contributed by atoms with E-state index in [2.05, 4.69) is 75.9 Å². The summed E-state index contributed by atoms with van der Waals surface area (Å²) in [4.78, 5) is 7.72. The Labute approximate surface area is 163 Å².